The van der Waals surface area contributed by atoms with E-state index < -0.39 is 0 Å². The summed E-state index contributed by atoms with van der Waals surface area (Å²) in [6.45, 7) is 4.08. The number of hydrogen-bond acceptors (Lipinski definition) is 3. The number of aromatic nitrogens is 2. The minimum atomic E-state index is -0.00346. The predicted octanol–water partition coefficient (Wildman–Crippen LogP) is 6.77. The fourth-order valence-electron chi connectivity index (χ4n) is 4.29. The molecule has 0 saturated heterocycles. The molecule has 1 N–H and O–H groups in total. The van der Waals surface area contributed by atoms with Crippen LogP contribution in [0.25, 0.3) is 27.0 Å². The molecule has 0 aliphatic heterocycles. The molecule has 0 bridgehead atoms. The smallest absolute Gasteiger partial charge is 0.317 e. The third-order valence-electron chi connectivity index (χ3n) is 6.28. The maximum atomic E-state index is 12.9. The lowest BCUT2D eigenvalue weighted by Crippen LogP contribution is -2.41. The molecule has 0 fully saturated rings. The highest BCUT2D eigenvalue weighted by Gasteiger charge is 2.16. The lowest BCUT2D eigenvalue weighted by molar-refractivity contribution is 0.195. The van der Waals surface area contributed by atoms with Crippen LogP contribution in [0.1, 0.15) is 31.0 Å². The zero-order valence-electron chi connectivity index (χ0n) is 20.0. The number of benzene rings is 3. The molecule has 5 nitrogen and oxygen atoms in total. The Morgan fingerprint density at radius 3 is 2.66 bits per heavy atom. The maximum Gasteiger partial charge on any atom is 0.317 e. The monoisotopic (exact) mass is 482 g/mol. The number of carbonyl (C=O) groups excluding carboxylic acids is 1. The molecule has 5 rings (SSSR count). The number of fused-ring (bicyclic) bond motifs is 2. The standard InChI is InChI=1S/C29H30N4OS/c1-2-3-16-30-28(34)32(19-22-9-5-4-6-10-22)17-15-26-21-35-29-31-27(20-33(26)29)25-14-13-23-11-7-8-12-24(23)18-25/h4-14,18,20-21H,2-3,15-17,19H2,1H3,(H,30,34). The fourth-order valence-corrected chi connectivity index (χ4v) is 5.19. The lowest BCUT2D eigenvalue weighted by atomic mass is 10.1. The zero-order chi connectivity index (χ0) is 24.0. The van der Waals surface area contributed by atoms with Gasteiger partial charge in [-0.1, -0.05) is 80.1 Å². The fraction of sp³-hybridized carbons (Fsp3) is 0.241. The normalized spacial score (nSPS) is 11.2. The van der Waals surface area contributed by atoms with E-state index in [2.05, 4.69) is 82.8 Å². The van der Waals surface area contributed by atoms with E-state index in [1.807, 2.05) is 23.1 Å². The van der Waals surface area contributed by atoms with Crippen LogP contribution in [0.15, 0.2) is 84.4 Å². The summed E-state index contributed by atoms with van der Waals surface area (Å²) in [5.74, 6) is 0. The van der Waals surface area contributed by atoms with Crippen molar-refractivity contribution in [2.75, 3.05) is 13.1 Å². The average molecular weight is 483 g/mol. The van der Waals surface area contributed by atoms with Crippen LogP contribution in [-0.4, -0.2) is 33.4 Å². The van der Waals surface area contributed by atoms with Gasteiger partial charge in [-0.25, -0.2) is 9.78 Å². The lowest BCUT2D eigenvalue weighted by Gasteiger charge is -2.23. The van der Waals surface area contributed by atoms with Gasteiger partial charge in [-0.2, -0.15) is 0 Å². The van der Waals surface area contributed by atoms with E-state index in [9.17, 15) is 4.79 Å². The summed E-state index contributed by atoms with van der Waals surface area (Å²) >= 11 is 1.65. The molecule has 5 aromatic rings. The number of imidazole rings is 1. The Labute approximate surface area is 210 Å². The number of thiazole rings is 1. The van der Waals surface area contributed by atoms with Crippen LogP contribution in [0.4, 0.5) is 4.79 Å². The van der Waals surface area contributed by atoms with Crippen LogP contribution in [0.3, 0.4) is 0 Å². The summed E-state index contributed by atoms with van der Waals surface area (Å²) in [5, 5.41) is 7.68. The van der Waals surface area contributed by atoms with Gasteiger partial charge < -0.3 is 10.2 Å². The molecule has 0 atom stereocenters. The topological polar surface area (TPSA) is 49.6 Å². The highest BCUT2D eigenvalue weighted by atomic mass is 32.1. The average Bonchev–Trinajstić information content (AvgIpc) is 3.48. The second-order valence-electron chi connectivity index (χ2n) is 8.81. The van der Waals surface area contributed by atoms with Crippen molar-refractivity contribution in [3.05, 3.63) is 95.6 Å². The first-order valence-corrected chi connectivity index (χ1v) is 13.1. The van der Waals surface area contributed by atoms with Gasteiger partial charge in [0.05, 0.1) is 5.69 Å². The number of nitrogens with zero attached hydrogens (tertiary/aromatic N) is 3. The molecule has 0 radical (unpaired) electrons. The van der Waals surface area contributed by atoms with Gasteiger partial charge in [0.1, 0.15) is 0 Å². The van der Waals surface area contributed by atoms with Crippen molar-refractivity contribution in [2.45, 2.75) is 32.7 Å². The van der Waals surface area contributed by atoms with Crippen molar-refractivity contribution < 1.29 is 4.79 Å². The molecule has 2 aromatic heterocycles. The van der Waals surface area contributed by atoms with E-state index in [0.717, 1.165) is 41.0 Å². The van der Waals surface area contributed by atoms with Crippen LogP contribution in [0.5, 0.6) is 0 Å². The Hall–Kier alpha value is -3.64. The molecule has 0 saturated carbocycles. The highest BCUT2D eigenvalue weighted by Crippen LogP contribution is 2.27. The van der Waals surface area contributed by atoms with E-state index in [1.54, 1.807) is 11.3 Å². The van der Waals surface area contributed by atoms with E-state index in [4.69, 9.17) is 4.98 Å². The number of nitrogens with one attached hydrogen (secondary N) is 1. The van der Waals surface area contributed by atoms with Gasteiger partial charge in [0.2, 0.25) is 0 Å². The molecule has 0 unspecified atom stereocenters. The summed E-state index contributed by atoms with van der Waals surface area (Å²) in [7, 11) is 0. The molecule has 3 aromatic carbocycles. The Kier molecular flexibility index (Phi) is 7.09. The molecule has 178 valence electrons. The van der Waals surface area contributed by atoms with Crippen molar-refractivity contribution in [1.82, 2.24) is 19.6 Å². The van der Waals surface area contributed by atoms with Gasteiger partial charge >= 0.3 is 6.03 Å². The molecule has 0 aliphatic rings. The second kappa shape index (κ2) is 10.7. The largest absolute Gasteiger partial charge is 0.338 e. The summed E-state index contributed by atoms with van der Waals surface area (Å²) in [5.41, 5.74) is 4.40. The van der Waals surface area contributed by atoms with Crippen LogP contribution in [-0.2, 0) is 13.0 Å². The van der Waals surface area contributed by atoms with Gasteiger partial charge in [-0.3, -0.25) is 4.40 Å². The third kappa shape index (κ3) is 5.38. The molecule has 2 heterocycles. The third-order valence-corrected chi connectivity index (χ3v) is 7.17. The Morgan fingerprint density at radius 2 is 1.83 bits per heavy atom. The molecule has 6 heteroatoms. The van der Waals surface area contributed by atoms with Crippen LogP contribution in [0, 0.1) is 0 Å². The Morgan fingerprint density at radius 1 is 1.03 bits per heavy atom. The summed E-state index contributed by atoms with van der Waals surface area (Å²) < 4.78 is 2.17. The van der Waals surface area contributed by atoms with Gasteiger partial charge in [0, 0.05) is 48.9 Å². The Bertz CT molecular complexity index is 1420. The van der Waals surface area contributed by atoms with E-state index >= 15 is 0 Å². The highest BCUT2D eigenvalue weighted by molar-refractivity contribution is 7.15. The SMILES string of the molecule is CCCCNC(=O)N(CCc1csc2nc(-c3ccc4ccccc4c3)cn12)Cc1ccccc1. The van der Waals surface area contributed by atoms with Gasteiger partial charge in [0.15, 0.2) is 4.96 Å². The van der Waals surface area contributed by atoms with Crippen LogP contribution < -0.4 is 5.32 Å². The molecule has 0 aliphatic carbocycles. The first-order valence-electron chi connectivity index (χ1n) is 12.2. The van der Waals surface area contributed by atoms with Crippen molar-refractivity contribution in [2.24, 2.45) is 0 Å². The van der Waals surface area contributed by atoms with Crippen molar-refractivity contribution >= 4 is 33.1 Å². The number of hydrogen-bond donors (Lipinski definition) is 1. The van der Waals surface area contributed by atoms with Crippen molar-refractivity contribution in [3.63, 3.8) is 0 Å². The first-order chi connectivity index (χ1) is 17.2. The van der Waals surface area contributed by atoms with E-state index in [1.165, 1.54) is 16.5 Å². The first kappa shape index (κ1) is 23.1. The van der Waals surface area contributed by atoms with Gasteiger partial charge in [0.25, 0.3) is 0 Å². The quantitative estimate of drug-likeness (QED) is 0.236. The van der Waals surface area contributed by atoms with Gasteiger partial charge in [-0.15, -0.1) is 11.3 Å². The van der Waals surface area contributed by atoms with Crippen LogP contribution >= 0.6 is 11.3 Å². The summed E-state index contributed by atoms with van der Waals surface area (Å²) in [6.07, 6.45) is 4.93. The number of amides is 2. The van der Waals surface area contributed by atoms with E-state index in [0.29, 0.717) is 19.6 Å². The van der Waals surface area contributed by atoms with Gasteiger partial charge in [-0.05, 0) is 28.8 Å². The molecular weight excluding hydrogens is 452 g/mol. The second-order valence-corrected chi connectivity index (χ2v) is 9.65. The predicted molar refractivity (Wildman–Crippen MR) is 145 cm³/mol. The minimum absolute atomic E-state index is 0.00346. The summed E-state index contributed by atoms with van der Waals surface area (Å²) in [6, 6.07) is 25.1. The summed E-state index contributed by atoms with van der Waals surface area (Å²) in [4.78, 5) is 20.7. The zero-order valence-corrected chi connectivity index (χ0v) is 20.8. The maximum absolute atomic E-state index is 12.9. The number of carbonyl (C=O) groups is 1. The molecule has 2 amide bonds. The number of rotatable bonds is 9. The number of urea groups is 1. The van der Waals surface area contributed by atoms with Crippen molar-refractivity contribution in [1.29, 1.82) is 0 Å². The van der Waals surface area contributed by atoms with E-state index in [-0.39, 0.29) is 6.03 Å². The Balaban J connectivity index is 1.34. The number of unbranched alkanes of at least 4 members (excludes halogenated alkanes) is 1. The molecular formula is C29H30N4OS. The van der Waals surface area contributed by atoms with Crippen molar-refractivity contribution in [3.8, 4) is 11.3 Å². The molecule has 35 heavy (non-hydrogen) atoms. The van der Waals surface area contributed by atoms with Crippen LogP contribution in [0.2, 0.25) is 0 Å². The minimum Gasteiger partial charge on any atom is -0.338 e. The molecule has 0 spiro atoms.